The highest BCUT2D eigenvalue weighted by molar-refractivity contribution is 5.79. The zero-order chi connectivity index (χ0) is 15.0. The van der Waals surface area contributed by atoms with E-state index >= 15 is 0 Å². The van der Waals surface area contributed by atoms with E-state index in [9.17, 15) is 4.79 Å². The summed E-state index contributed by atoms with van der Waals surface area (Å²) in [4.78, 5) is 12.6. The fourth-order valence-corrected chi connectivity index (χ4v) is 3.12. The molecule has 2 N–H and O–H groups in total. The average molecular weight is 286 g/mol. The molecule has 21 heavy (non-hydrogen) atoms. The number of aromatic nitrogens is 1. The lowest BCUT2D eigenvalue weighted by molar-refractivity contribution is -0.0216. The van der Waals surface area contributed by atoms with Gasteiger partial charge in [-0.2, -0.15) is 0 Å². The molecule has 0 saturated carbocycles. The predicted molar refractivity (Wildman–Crippen MR) is 84.3 cm³/mol. The standard InChI is InChI=1S/C17H22N2O2/c1-17(2)8-7-14(21-17)11-19-15-6-4-3-5-12(15)9-13(10-18)16(19)20/h3-6,9,14H,7-8,10-11,18H2,1-2H3. The monoisotopic (exact) mass is 286 g/mol. The molecule has 1 unspecified atom stereocenters. The second kappa shape index (κ2) is 5.28. The van der Waals surface area contributed by atoms with E-state index in [4.69, 9.17) is 10.5 Å². The molecule has 1 saturated heterocycles. The molecule has 1 aliphatic rings. The SMILES string of the molecule is CC1(C)CCC(Cn2c(=O)c(CN)cc3ccccc32)O1. The van der Waals surface area contributed by atoms with Crippen LogP contribution in [0.3, 0.4) is 0 Å². The van der Waals surface area contributed by atoms with Gasteiger partial charge in [0.2, 0.25) is 0 Å². The van der Waals surface area contributed by atoms with Gasteiger partial charge in [0.25, 0.3) is 5.56 Å². The van der Waals surface area contributed by atoms with Gasteiger partial charge in [0.05, 0.1) is 23.8 Å². The minimum atomic E-state index is -0.0877. The molecule has 0 amide bonds. The third kappa shape index (κ3) is 2.74. The van der Waals surface area contributed by atoms with Gasteiger partial charge in [0, 0.05) is 12.1 Å². The molecule has 3 rings (SSSR count). The topological polar surface area (TPSA) is 57.2 Å². The van der Waals surface area contributed by atoms with Gasteiger partial charge >= 0.3 is 0 Å². The van der Waals surface area contributed by atoms with Crippen LogP contribution in [0.2, 0.25) is 0 Å². The fraction of sp³-hybridized carbons (Fsp3) is 0.471. The van der Waals surface area contributed by atoms with Crippen molar-refractivity contribution in [2.24, 2.45) is 5.73 Å². The van der Waals surface area contributed by atoms with Crippen molar-refractivity contribution >= 4 is 10.9 Å². The van der Waals surface area contributed by atoms with Crippen molar-refractivity contribution in [1.82, 2.24) is 4.57 Å². The molecule has 0 radical (unpaired) electrons. The number of ether oxygens (including phenoxy) is 1. The summed E-state index contributed by atoms with van der Waals surface area (Å²) in [6, 6.07) is 9.83. The molecule has 1 aliphatic heterocycles. The van der Waals surface area contributed by atoms with Crippen LogP contribution in [0.15, 0.2) is 35.1 Å². The van der Waals surface area contributed by atoms with Crippen LogP contribution in [0.5, 0.6) is 0 Å². The molecule has 112 valence electrons. The molecule has 0 spiro atoms. The lowest BCUT2D eigenvalue weighted by Crippen LogP contribution is -2.31. The van der Waals surface area contributed by atoms with Gasteiger partial charge in [-0.3, -0.25) is 4.79 Å². The van der Waals surface area contributed by atoms with Crippen LogP contribution in [0.4, 0.5) is 0 Å². The second-order valence-electron chi connectivity index (χ2n) is 6.39. The number of para-hydroxylation sites is 1. The Labute approximate surface area is 124 Å². The smallest absolute Gasteiger partial charge is 0.255 e. The Morgan fingerprint density at radius 2 is 2.14 bits per heavy atom. The Morgan fingerprint density at radius 3 is 2.81 bits per heavy atom. The molecule has 4 nitrogen and oxygen atoms in total. The molecular weight excluding hydrogens is 264 g/mol. The summed E-state index contributed by atoms with van der Waals surface area (Å²) in [6.45, 7) is 5.06. The number of hydrogen-bond acceptors (Lipinski definition) is 3. The Balaban J connectivity index is 2.04. The first-order chi connectivity index (χ1) is 10.00. The molecule has 1 aromatic carbocycles. The van der Waals surface area contributed by atoms with Crippen LogP contribution < -0.4 is 11.3 Å². The van der Waals surface area contributed by atoms with E-state index in [0.717, 1.165) is 23.7 Å². The van der Waals surface area contributed by atoms with E-state index in [-0.39, 0.29) is 23.8 Å². The number of nitrogens with two attached hydrogens (primary N) is 1. The normalized spacial score (nSPS) is 21.0. The van der Waals surface area contributed by atoms with Gasteiger partial charge in [-0.25, -0.2) is 0 Å². The molecule has 0 aliphatic carbocycles. The summed E-state index contributed by atoms with van der Waals surface area (Å²) in [7, 11) is 0. The molecule has 1 fully saturated rings. The minimum absolute atomic E-state index is 0.00417. The highest BCUT2D eigenvalue weighted by Crippen LogP contribution is 2.30. The van der Waals surface area contributed by atoms with Crippen molar-refractivity contribution in [2.75, 3.05) is 0 Å². The summed E-state index contributed by atoms with van der Waals surface area (Å²) in [6.07, 6.45) is 2.11. The first-order valence-corrected chi connectivity index (χ1v) is 7.49. The molecule has 4 heteroatoms. The Kier molecular flexibility index (Phi) is 3.59. The maximum absolute atomic E-state index is 12.6. The average Bonchev–Trinajstić information content (AvgIpc) is 2.81. The van der Waals surface area contributed by atoms with Crippen molar-refractivity contribution in [3.8, 4) is 0 Å². The number of hydrogen-bond donors (Lipinski definition) is 1. The van der Waals surface area contributed by atoms with Crippen LogP contribution in [-0.2, 0) is 17.8 Å². The van der Waals surface area contributed by atoms with Crippen LogP contribution >= 0.6 is 0 Å². The highest BCUT2D eigenvalue weighted by atomic mass is 16.5. The molecular formula is C17H22N2O2. The lowest BCUT2D eigenvalue weighted by atomic mass is 10.1. The summed E-state index contributed by atoms with van der Waals surface area (Å²) < 4.78 is 7.86. The van der Waals surface area contributed by atoms with E-state index in [2.05, 4.69) is 13.8 Å². The van der Waals surface area contributed by atoms with Crippen molar-refractivity contribution in [2.45, 2.75) is 51.5 Å². The van der Waals surface area contributed by atoms with Crippen LogP contribution in [0.1, 0.15) is 32.3 Å². The molecule has 2 aromatic rings. The molecule has 1 aromatic heterocycles. The van der Waals surface area contributed by atoms with E-state index < -0.39 is 0 Å². The van der Waals surface area contributed by atoms with Crippen LogP contribution in [-0.4, -0.2) is 16.3 Å². The molecule has 0 bridgehead atoms. The summed E-state index contributed by atoms with van der Waals surface area (Å²) in [5.41, 5.74) is 7.24. The third-order valence-corrected chi connectivity index (χ3v) is 4.24. The quantitative estimate of drug-likeness (QED) is 0.942. The molecule has 1 atom stereocenters. The summed E-state index contributed by atoms with van der Waals surface area (Å²) >= 11 is 0. The number of fused-ring (bicyclic) bond motifs is 1. The number of rotatable bonds is 3. The predicted octanol–water partition coefficient (Wildman–Crippen LogP) is 2.42. The minimum Gasteiger partial charge on any atom is -0.370 e. The van der Waals surface area contributed by atoms with E-state index in [0.29, 0.717) is 12.1 Å². The van der Waals surface area contributed by atoms with E-state index in [1.165, 1.54) is 0 Å². The Bertz CT molecular complexity index is 718. The van der Waals surface area contributed by atoms with E-state index in [1.54, 1.807) is 0 Å². The Hall–Kier alpha value is -1.65. The summed E-state index contributed by atoms with van der Waals surface area (Å²) in [5.74, 6) is 0. The number of benzene rings is 1. The van der Waals surface area contributed by atoms with E-state index in [1.807, 2.05) is 34.9 Å². The zero-order valence-electron chi connectivity index (χ0n) is 12.6. The first-order valence-electron chi connectivity index (χ1n) is 7.49. The van der Waals surface area contributed by atoms with Crippen molar-refractivity contribution in [3.05, 3.63) is 46.2 Å². The Morgan fingerprint density at radius 1 is 1.38 bits per heavy atom. The van der Waals surface area contributed by atoms with Crippen molar-refractivity contribution in [3.63, 3.8) is 0 Å². The first kappa shape index (κ1) is 14.3. The number of pyridine rings is 1. The van der Waals surface area contributed by atoms with Gasteiger partial charge in [0.15, 0.2) is 0 Å². The van der Waals surface area contributed by atoms with Gasteiger partial charge in [-0.1, -0.05) is 18.2 Å². The maximum Gasteiger partial charge on any atom is 0.255 e. The summed E-state index contributed by atoms with van der Waals surface area (Å²) in [5, 5.41) is 1.05. The highest BCUT2D eigenvalue weighted by Gasteiger charge is 2.32. The van der Waals surface area contributed by atoms with Gasteiger partial charge in [-0.15, -0.1) is 0 Å². The molecule has 2 heterocycles. The maximum atomic E-state index is 12.6. The van der Waals surface area contributed by atoms with Gasteiger partial charge < -0.3 is 15.0 Å². The van der Waals surface area contributed by atoms with Gasteiger partial charge in [-0.05, 0) is 44.2 Å². The van der Waals surface area contributed by atoms with Gasteiger partial charge in [0.1, 0.15) is 0 Å². The lowest BCUT2D eigenvalue weighted by Gasteiger charge is -2.21. The largest absolute Gasteiger partial charge is 0.370 e. The second-order valence-corrected chi connectivity index (χ2v) is 6.39. The van der Waals surface area contributed by atoms with Crippen molar-refractivity contribution in [1.29, 1.82) is 0 Å². The van der Waals surface area contributed by atoms with Crippen molar-refractivity contribution < 1.29 is 4.74 Å². The van der Waals surface area contributed by atoms with Crippen LogP contribution in [0.25, 0.3) is 10.9 Å². The van der Waals surface area contributed by atoms with Crippen LogP contribution in [0, 0.1) is 0 Å². The third-order valence-electron chi connectivity index (χ3n) is 4.24. The number of nitrogens with zero attached hydrogens (tertiary/aromatic N) is 1. The fourth-order valence-electron chi connectivity index (χ4n) is 3.12. The zero-order valence-corrected chi connectivity index (χ0v) is 12.6.